The summed E-state index contributed by atoms with van der Waals surface area (Å²) < 4.78 is 0. The van der Waals surface area contributed by atoms with Crippen LogP contribution in [0.4, 0.5) is 17.5 Å². The molecule has 0 spiro atoms. The minimum Gasteiger partial charge on any atom is -0.368 e. The molecule has 158 valence electrons. The van der Waals surface area contributed by atoms with E-state index in [9.17, 15) is 4.79 Å². The van der Waals surface area contributed by atoms with Crippen molar-refractivity contribution in [3.63, 3.8) is 0 Å². The molecule has 1 aliphatic carbocycles. The van der Waals surface area contributed by atoms with Gasteiger partial charge >= 0.3 is 0 Å². The number of rotatable bonds is 5. The van der Waals surface area contributed by atoms with Gasteiger partial charge in [0.25, 0.3) is 0 Å². The van der Waals surface area contributed by atoms with Crippen molar-refractivity contribution in [2.24, 2.45) is 5.92 Å². The molecule has 1 saturated carbocycles. The number of amides is 1. The van der Waals surface area contributed by atoms with Gasteiger partial charge in [-0.15, -0.1) is 0 Å². The molecule has 4 aromatic rings. The number of aromatic nitrogens is 4. The average molecular weight is 422 g/mol. The highest BCUT2D eigenvalue weighted by molar-refractivity contribution is 6.01. The molecule has 1 fully saturated rings. The molecule has 2 N–H and O–H groups in total. The molecule has 0 atom stereocenters. The van der Waals surface area contributed by atoms with Crippen LogP contribution in [-0.2, 0) is 4.79 Å². The number of hydrogen-bond acceptors (Lipinski definition) is 6. The van der Waals surface area contributed by atoms with Crippen LogP contribution in [0.15, 0.2) is 79.5 Å². The molecular formula is C25H22N6O. The van der Waals surface area contributed by atoms with Crippen LogP contribution in [0.2, 0.25) is 0 Å². The highest BCUT2D eigenvalue weighted by Gasteiger charge is 2.31. The molecule has 32 heavy (non-hydrogen) atoms. The summed E-state index contributed by atoms with van der Waals surface area (Å²) in [6.07, 6.45) is 11.6. The van der Waals surface area contributed by atoms with E-state index in [-0.39, 0.29) is 17.8 Å². The first-order valence-corrected chi connectivity index (χ1v) is 10.6. The van der Waals surface area contributed by atoms with Gasteiger partial charge in [0.2, 0.25) is 11.9 Å². The smallest absolute Gasteiger partial charge is 0.235 e. The van der Waals surface area contributed by atoms with E-state index in [0.717, 1.165) is 47.2 Å². The van der Waals surface area contributed by atoms with E-state index in [0.29, 0.717) is 5.82 Å². The van der Waals surface area contributed by atoms with Crippen LogP contribution in [0.1, 0.15) is 19.3 Å². The SMILES string of the molecule is Nc1ncc(-c2ccc(N(C(=O)C3CCC3)c3ccc(-c4ccncc4)cn3)cc2)cn1. The zero-order chi connectivity index (χ0) is 21.9. The third-order valence-electron chi connectivity index (χ3n) is 5.80. The third kappa shape index (κ3) is 3.92. The van der Waals surface area contributed by atoms with E-state index in [1.165, 1.54) is 0 Å². The van der Waals surface area contributed by atoms with Gasteiger partial charge in [0.05, 0.1) is 5.69 Å². The van der Waals surface area contributed by atoms with Gasteiger partial charge in [-0.2, -0.15) is 0 Å². The van der Waals surface area contributed by atoms with Crippen molar-refractivity contribution in [2.75, 3.05) is 10.6 Å². The maximum absolute atomic E-state index is 13.3. The summed E-state index contributed by atoms with van der Waals surface area (Å²) in [6.45, 7) is 0. The lowest BCUT2D eigenvalue weighted by atomic mass is 9.84. The van der Waals surface area contributed by atoms with E-state index >= 15 is 0 Å². The van der Waals surface area contributed by atoms with Gasteiger partial charge in [0.1, 0.15) is 5.82 Å². The molecule has 0 unspecified atom stereocenters. The van der Waals surface area contributed by atoms with Crippen LogP contribution < -0.4 is 10.6 Å². The van der Waals surface area contributed by atoms with Crippen LogP contribution in [0.25, 0.3) is 22.3 Å². The van der Waals surface area contributed by atoms with Gasteiger partial charge < -0.3 is 5.73 Å². The molecule has 0 saturated heterocycles. The number of nitrogens with two attached hydrogens (primary N) is 1. The van der Waals surface area contributed by atoms with Crippen LogP contribution in [-0.4, -0.2) is 25.8 Å². The number of carbonyl (C=O) groups excluding carboxylic acids is 1. The fourth-order valence-corrected chi connectivity index (χ4v) is 3.73. The van der Waals surface area contributed by atoms with Gasteiger partial charge in [0, 0.05) is 48.0 Å². The Kier molecular flexibility index (Phi) is 5.29. The van der Waals surface area contributed by atoms with Gasteiger partial charge in [-0.3, -0.25) is 14.7 Å². The first-order chi connectivity index (χ1) is 15.7. The molecule has 0 radical (unpaired) electrons. The Balaban J connectivity index is 1.47. The lowest BCUT2D eigenvalue weighted by molar-refractivity contribution is -0.123. The Bertz CT molecular complexity index is 1200. The number of benzene rings is 1. The number of carbonyl (C=O) groups is 1. The Morgan fingerprint density at radius 2 is 1.41 bits per heavy atom. The Labute approximate surface area is 186 Å². The van der Waals surface area contributed by atoms with Crippen LogP contribution in [0.3, 0.4) is 0 Å². The Morgan fingerprint density at radius 1 is 0.781 bits per heavy atom. The van der Waals surface area contributed by atoms with Gasteiger partial charge in [-0.25, -0.2) is 15.0 Å². The van der Waals surface area contributed by atoms with Crippen molar-refractivity contribution >= 4 is 23.4 Å². The second kappa shape index (κ2) is 8.55. The molecule has 3 heterocycles. The topological polar surface area (TPSA) is 97.9 Å². The standard InChI is InChI=1S/C25H22N6O/c26-25-29-15-21(16-30-25)17-4-7-22(8-5-17)31(24(32)19-2-1-3-19)23-9-6-20(14-28-23)18-10-12-27-13-11-18/h4-16,19H,1-3H2,(H2,26,29,30). The zero-order valence-electron chi connectivity index (χ0n) is 17.4. The summed E-state index contributed by atoms with van der Waals surface area (Å²) in [5, 5.41) is 0. The summed E-state index contributed by atoms with van der Waals surface area (Å²) in [6, 6.07) is 15.5. The number of nitrogen functional groups attached to an aromatic ring is 1. The number of anilines is 3. The number of hydrogen-bond donors (Lipinski definition) is 1. The first kappa shape index (κ1) is 19.8. The first-order valence-electron chi connectivity index (χ1n) is 10.6. The summed E-state index contributed by atoms with van der Waals surface area (Å²) in [4.78, 5) is 31.8. The third-order valence-corrected chi connectivity index (χ3v) is 5.80. The maximum atomic E-state index is 13.3. The van der Waals surface area contributed by atoms with E-state index < -0.39 is 0 Å². The molecule has 7 heteroatoms. The number of pyridine rings is 2. The lowest BCUT2D eigenvalue weighted by Crippen LogP contribution is -2.36. The predicted octanol–water partition coefficient (Wildman–Crippen LogP) is 4.65. The molecule has 0 bridgehead atoms. The van der Waals surface area contributed by atoms with E-state index in [1.807, 2.05) is 48.5 Å². The van der Waals surface area contributed by atoms with Crippen molar-refractivity contribution in [3.05, 3.63) is 79.5 Å². The second-order valence-corrected chi connectivity index (χ2v) is 7.82. The molecule has 1 aromatic carbocycles. The lowest BCUT2D eigenvalue weighted by Gasteiger charge is -2.31. The van der Waals surface area contributed by atoms with Crippen molar-refractivity contribution in [3.8, 4) is 22.3 Å². The molecule has 1 aliphatic rings. The van der Waals surface area contributed by atoms with Crippen molar-refractivity contribution in [2.45, 2.75) is 19.3 Å². The number of nitrogens with zero attached hydrogens (tertiary/aromatic N) is 5. The van der Waals surface area contributed by atoms with Gasteiger partial charge in [-0.1, -0.05) is 18.6 Å². The minimum absolute atomic E-state index is 0.0434. The van der Waals surface area contributed by atoms with Crippen LogP contribution in [0, 0.1) is 5.92 Å². The summed E-state index contributed by atoms with van der Waals surface area (Å²) in [5.74, 6) is 0.984. The highest BCUT2D eigenvalue weighted by atomic mass is 16.2. The molecule has 1 amide bonds. The van der Waals surface area contributed by atoms with Gasteiger partial charge in [-0.05, 0) is 60.4 Å². The quantitative estimate of drug-likeness (QED) is 0.503. The fourth-order valence-electron chi connectivity index (χ4n) is 3.73. The average Bonchev–Trinajstić information content (AvgIpc) is 2.80. The zero-order valence-corrected chi connectivity index (χ0v) is 17.4. The molecular weight excluding hydrogens is 400 g/mol. The Morgan fingerprint density at radius 3 is 2.00 bits per heavy atom. The second-order valence-electron chi connectivity index (χ2n) is 7.82. The van der Waals surface area contributed by atoms with E-state index in [2.05, 4.69) is 19.9 Å². The highest BCUT2D eigenvalue weighted by Crippen LogP contribution is 2.35. The van der Waals surface area contributed by atoms with Crippen LogP contribution in [0.5, 0.6) is 0 Å². The monoisotopic (exact) mass is 422 g/mol. The van der Waals surface area contributed by atoms with Crippen molar-refractivity contribution in [1.82, 2.24) is 19.9 Å². The summed E-state index contributed by atoms with van der Waals surface area (Å²) in [5.41, 5.74) is 10.2. The molecule has 3 aromatic heterocycles. The van der Waals surface area contributed by atoms with Gasteiger partial charge in [0.15, 0.2) is 0 Å². The van der Waals surface area contributed by atoms with E-state index in [4.69, 9.17) is 5.73 Å². The van der Waals surface area contributed by atoms with Crippen LogP contribution >= 0.6 is 0 Å². The van der Waals surface area contributed by atoms with Crippen molar-refractivity contribution in [1.29, 1.82) is 0 Å². The molecule has 5 rings (SSSR count). The molecule has 0 aliphatic heterocycles. The summed E-state index contributed by atoms with van der Waals surface area (Å²) in [7, 11) is 0. The molecule has 7 nitrogen and oxygen atoms in total. The maximum Gasteiger partial charge on any atom is 0.235 e. The predicted molar refractivity (Wildman–Crippen MR) is 124 cm³/mol. The Hall–Kier alpha value is -4.13. The van der Waals surface area contributed by atoms with E-state index in [1.54, 1.807) is 35.9 Å². The fraction of sp³-hybridized carbons (Fsp3) is 0.160. The minimum atomic E-state index is 0.0434. The normalized spacial score (nSPS) is 13.4. The van der Waals surface area contributed by atoms with Crippen molar-refractivity contribution < 1.29 is 4.79 Å². The summed E-state index contributed by atoms with van der Waals surface area (Å²) >= 11 is 0. The largest absolute Gasteiger partial charge is 0.368 e.